The number of hydrogen-bond acceptors (Lipinski definition) is 3. The first-order chi connectivity index (χ1) is 10.2. The molecule has 0 spiro atoms. The van der Waals surface area contributed by atoms with Crippen LogP contribution in [0, 0.1) is 23.2 Å². The number of nitrogens with zero attached hydrogens (tertiary/aromatic N) is 2. The monoisotopic (exact) mass is 272 g/mol. The highest BCUT2D eigenvalue weighted by Gasteiger charge is 2.21. The molecule has 1 N–H and O–H groups in total. The van der Waals surface area contributed by atoms with Crippen LogP contribution >= 0.6 is 0 Å². The van der Waals surface area contributed by atoms with Crippen molar-refractivity contribution in [2.75, 3.05) is 0 Å². The van der Waals surface area contributed by atoms with Gasteiger partial charge in [-0.3, -0.25) is 4.98 Å². The van der Waals surface area contributed by atoms with Crippen LogP contribution in [0.15, 0.2) is 30.5 Å². The second kappa shape index (κ2) is 5.25. The molecule has 0 radical (unpaired) electrons. The molecule has 0 fully saturated rings. The van der Waals surface area contributed by atoms with E-state index in [0.29, 0.717) is 22.4 Å². The van der Waals surface area contributed by atoms with E-state index in [1.54, 1.807) is 25.3 Å². The van der Waals surface area contributed by atoms with Crippen LogP contribution in [0.25, 0.3) is 12.2 Å². The minimum absolute atomic E-state index is 0.546. The molecule has 3 nitrogen and oxygen atoms in total. The van der Waals surface area contributed by atoms with Gasteiger partial charge in [0.25, 0.3) is 0 Å². The largest absolute Gasteiger partial charge is 0.384 e. The van der Waals surface area contributed by atoms with Gasteiger partial charge in [0.15, 0.2) is 0 Å². The van der Waals surface area contributed by atoms with Crippen molar-refractivity contribution in [1.82, 2.24) is 4.98 Å². The van der Waals surface area contributed by atoms with Gasteiger partial charge in [-0.05, 0) is 36.3 Å². The number of fused-ring (bicyclic) bond motifs is 2. The summed E-state index contributed by atoms with van der Waals surface area (Å²) in [7, 11) is 0. The van der Waals surface area contributed by atoms with E-state index < -0.39 is 6.10 Å². The van der Waals surface area contributed by atoms with Gasteiger partial charge in [-0.2, -0.15) is 5.26 Å². The zero-order valence-electron chi connectivity index (χ0n) is 11.5. The summed E-state index contributed by atoms with van der Waals surface area (Å²) in [6.07, 6.45) is 4.53. The highest BCUT2D eigenvalue weighted by atomic mass is 16.3. The third kappa shape index (κ3) is 2.21. The SMILES string of the molecule is CC#Cc1cnc2c(c1)C(O)c1cccc(C#N)c1C=C2. The van der Waals surface area contributed by atoms with Gasteiger partial charge in [0.05, 0.1) is 17.3 Å². The minimum Gasteiger partial charge on any atom is -0.384 e. The van der Waals surface area contributed by atoms with Crippen LogP contribution in [0.1, 0.15) is 46.5 Å². The maximum Gasteiger partial charge on any atom is 0.107 e. The van der Waals surface area contributed by atoms with E-state index in [4.69, 9.17) is 0 Å². The fraction of sp³-hybridized carbons (Fsp3) is 0.111. The molecule has 0 bridgehead atoms. The molecule has 1 unspecified atom stereocenters. The average Bonchev–Trinajstić information content (AvgIpc) is 2.65. The summed E-state index contributed by atoms with van der Waals surface area (Å²) in [6.45, 7) is 1.76. The first-order valence-electron chi connectivity index (χ1n) is 6.56. The van der Waals surface area contributed by atoms with E-state index >= 15 is 0 Å². The Balaban J connectivity index is 2.23. The van der Waals surface area contributed by atoms with Crippen molar-refractivity contribution < 1.29 is 5.11 Å². The Kier molecular flexibility index (Phi) is 3.28. The number of nitriles is 1. The third-order valence-corrected chi connectivity index (χ3v) is 3.48. The van der Waals surface area contributed by atoms with Gasteiger partial charge < -0.3 is 5.11 Å². The fourth-order valence-electron chi connectivity index (χ4n) is 2.50. The number of rotatable bonds is 0. The molecule has 0 amide bonds. The molecule has 100 valence electrons. The van der Waals surface area contributed by atoms with Gasteiger partial charge in [0, 0.05) is 17.3 Å². The maximum atomic E-state index is 10.7. The maximum absolute atomic E-state index is 10.7. The van der Waals surface area contributed by atoms with Crippen LogP contribution in [0.3, 0.4) is 0 Å². The van der Waals surface area contributed by atoms with Crippen molar-refractivity contribution >= 4 is 12.2 Å². The molecule has 0 aliphatic heterocycles. The predicted molar refractivity (Wildman–Crippen MR) is 80.9 cm³/mol. The van der Waals surface area contributed by atoms with Crippen molar-refractivity contribution in [3.05, 3.63) is 64.0 Å². The Labute approximate surface area is 123 Å². The Bertz CT molecular complexity index is 848. The lowest BCUT2D eigenvalue weighted by Crippen LogP contribution is -2.05. The van der Waals surface area contributed by atoms with Crippen molar-refractivity contribution in [2.24, 2.45) is 0 Å². The molecular weight excluding hydrogens is 260 g/mol. The number of hydrogen-bond donors (Lipinski definition) is 1. The highest BCUT2D eigenvalue weighted by molar-refractivity contribution is 5.77. The highest BCUT2D eigenvalue weighted by Crippen LogP contribution is 2.33. The van der Waals surface area contributed by atoms with Gasteiger partial charge in [0.2, 0.25) is 0 Å². The topological polar surface area (TPSA) is 56.9 Å². The molecule has 0 saturated carbocycles. The van der Waals surface area contributed by atoms with Crippen LogP contribution in [-0.2, 0) is 0 Å². The molecule has 0 saturated heterocycles. The molecule has 1 aliphatic rings. The number of aromatic nitrogens is 1. The molecule has 1 heterocycles. The normalized spacial score (nSPS) is 15.0. The van der Waals surface area contributed by atoms with E-state index in [1.165, 1.54) is 0 Å². The van der Waals surface area contributed by atoms with E-state index in [2.05, 4.69) is 22.9 Å². The number of aliphatic hydroxyl groups is 1. The van der Waals surface area contributed by atoms with Crippen molar-refractivity contribution in [3.63, 3.8) is 0 Å². The zero-order valence-corrected chi connectivity index (χ0v) is 11.5. The summed E-state index contributed by atoms with van der Waals surface area (Å²) < 4.78 is 0. The fourth-order valence-corrected chi connectivity index (χ4v) is 2.50. The summed E-state index contributed by atoms with van der Waals surface area (Å²) in [6, 6.07) is 9.36. The second-order valence-corrected chi connectivity index (χ2v) is 4.73. The zero-order chi connectivity index (χ0) is 14.8. The molecule has 1 aromatic carbocycles. The quantitative estimate of drug-likeness (QED) is 0.750. The summed E-state index contributed by atoms with van der Waals surface area (Å²) in [5.41, 5.74) is 4.18. The summed E-state index contributed by atoms with van der Waals surface area (Å²) in [5, 5.41) is 19.9. The van der Waals surface area contributed by atoms with E-state index in [9.17, 15) is 10.4 Å². The Morgan fingerprint density at radius 1 is 1.24 bits per heavy atom. The average molecular weight is 272 g/mol. The van der Waals surface area contributed by atoms with Crippen molar-refractivity contribution in [3.8, 4) is 17.9 Å². The molecule has 1 aliphatic carbocycles. The van der Waals surface area contributed by atoms with Gasteiger partial charge >= 0.3 is 0 Å². The number of aliphatic hydroxyl groups excluding tert-OH is 1. The summed E-state index contributed by atoms with van der Waals surface area (Å²) >= 11 is 0. The summed E-state index contributed by atoms with van der Waals surface area (Å²) in [5.74, 6) is 5.77. The third-order valence-electron chi connectivity index (χ3n) is 3.48. The lowest BCUT2D eigenvalue weighted by molar-refractivity contribution is 0.219. The molecule has 2 aromatic rings. The number of benzene rings is 1. The van der Waals surface area contributed by atoms with Crippen molar-refractivity contribution in [2.45, 2.75) is 13.0 Å². The van der Waals surface area contributed by atoms with Crippen molar-refractivity contribution in [1.29, 1.82) is 5.26 Å². The molecule has 3 rings (SSSR count). The Hall–Kier alpha value is -2.88. The Morgan fingerprint density at radius 3 is 2.86 bits per heavy atom. The van der Waals surface area contributed by atoms with E-state index in [1.807, 2.05) is 24.3 Å². The Morgan fingerprint density at radius 2 is 2.10 bits per heavy atom. The van der Waals surface area contributed by atoms with Gasteiger partial charge in [-0.25, -0.2) is 0 Å². The summed E-state index contributed by atoms with van der Waals surface area (Å²) in [4.78, 5) is 4.35. The van der Waals surface area contributed by atoms with Crippen LogP contribution < -0.4 is 0 Å². The second-order valence-electron chi connectivity index (χ2n) is 4.73. The first-order valence-corrected chi connectivity index (χ1v) is 6.56. The smallest absolute Gasteiger partial charge is 0.107 e. The number of pyridine rings is 1. The molecular formula is C18H12N2O. The predicted octanol–water partition coefficient (Wildman–Crippen LogP) is 2.89. The van der Waals surface area contributed by atoms with Crippen LogP contribution in [0.5, 0.6) is 0 Å². The van der Waals surface area contributed by atoms with Gasteiger partial charge in [0.1, 0.15) is 6.10 Å². The van der Waals surface area contributed by atoms with Crippen LogP contribution in [0.4, 0.5) is 0 Å². The molecule has 1 atom stereocenters. The van der Waals surface area contributed by atoms with Crippen LogP contribution in [-0.4, -0.2) is 10.1 Å². The van der Waals surface area contributed by atoms with E-state index in [-0.39, 0.29) is 0 Å². The lowest BCUT2D eigenvalue weighted by atomic mass is 9.95. The van der Waals surface area contributed by atoms with E-state index in [0.717, 1.165) is 11.1 Å². The van der Waals surface area contributed by atoms with Gasteiger partial charge in [-0.1, -0.05) is 24.1 Å². The minimum atomic E-state index is -0.815. The standard InChI is InChI=1S/C18H12N2O/c1-2-4-12-9-16-17(20-11-12)8-7-14-13(10-19)5-3-6-15(14)18(16)21/h3,5-9,11,18,21H,1H3. The molecule has 21 heavy (non-hydrogen) atoms. The van der Waals surface area contributed by atoms with Gasteiger partial charge in [-0.15, -0.1) is 5.92 Å². The van der Waals surface area contributed by atoms with Crippen LogP contribution in [0.2, 0.25) is 0 Å². The lowest BCUT2D eigenvalue weighted by Gasteiger charge is -2.14. The first kappa shape index (κ1) is 13.1. The molecule has 1 aromatic heterocycles. The molecule has 3 heteroatoms.